The van der Waals surface area contributed by atoms with Gasteiger partial charge in [0.15, 0.2) is 0 Å². The highest BCUT2D eigenvalue weighted by atomic mass is 32.1. The van der Waals surface area contributed by atoms with Crippen molar-refractivity contribution in [1.29, 1.82) is 0 Å². The van der Waals surface area contributed by atoms with Gasteiger partial charge in [0.1, 0.15) is 11.9 Å². The summed E-state index contributed by atoms with van der Waals surface area (Å²) in [6.45, 7) is 4.67. The molecule has 0 saturated carbocycles. The topological polar surface area (TPSA) is 78.5 Å². The van der Waals surface area contributed by atoms with E-state index < -0.39 is 11.9 Å². The van der Waals surface area contributed by atoms with E-state index in [-0.39, 0.29) is 29.2 Å². The van der Waals surface area contributed by atoms with Gasteiger partial charge in [-0.05, 0) is 42.3 Å². The molecule has 0 bridgehead atoms. The Morgan fingerprint density at radius 2 is 1.93 bits per heavy atom. The summed E-state index contributed by atoms with van der Waals surface area (Å²) in [6.07, 6.45) is 2.62. The highest BCUT2D eigenvalue weighted by Gasteiger charge is 2.34. The summed E-state index contributed by atoms with van der Waals surface area (Å²) in [7, 11) is 0. The van der Waals surface area contributed by atoms with Gasteiger partial charge in [-0.1, -0.05) is 24.3 Å². The zero-order chi connectivity index (χ0) is 21.5. The molecule has 1 aliphatic heterocycles. The fraction of sp³-hybridized carbons (Fsp3) is 0.318. The molecule has 1 aromatic carbocycles. The third-order valence-corrected chi connectivity index (χ3v) is 6.01. The molecule has 0 radical (unpaired) electrons. The highest BCUT2D eigenvalue weighted by molar-refractivity contribution is 7.12. The third kappa shape index (κ3) is 5.13. The Bertz CT molecular complexity index is 908. The van der Waals surface area contributed by atoms with Crippen LogP contribution in [0.5, 0.6) is 0 Å². The molecular weight excluding hydrogens is 405 g/mol. The Hall–Kier alpha value is -3.00. The quantitative estimate of drug-likeness (QED) is 0.665. The lowest BCUT2D eigenvalue weighted by Crippen LogP contribution is -2.53. The molecule has 1 aliphatic rings. The summed E-state index contributed by atoms with van der Waals surface area (Å²) >= 11 is 1.30. The number of hydrogen-bond acceptors (Lipinski definition) is 4. The largest absolute Gasteiger partial charge is 0.351 e. The van der Waals surface area contributed by atoms with Crippen LogP contribution in [-0.4, -0.2) is 48.3 Å². The van der Waals surface area contributed by atoms with Crippen LogP contribution in [0.1, 0.15) is 32.9 Å². The van der Waals surface area contributed by atoms with Gasteiger partial charge in [0, 0.05) is 19.6 Å². The van der Waals surface area contributed by atoms with Gasteiger partial charge < -0.3 is 15.5 Å². The highest BCUT2D eigenvalue weighted by Crippen LogP contribution is 2.24. The van der Waals surface area contributed by atoms with Gasteiger partial charge >= 0.3 is 0 Å². The first-order valence-electron chi connectivity index (χ1n) is 9.78. The maximum Gasteiger partial charge on any atom is 0.262 e. The SMILES string of the molecule is C=CCNC(=O)C(NC(=O)c1cccs1)C1CCN(C(=O)c2ccccc2F)CC1. The van der Waals surface area contributed by atoms with Gasteiger partial charge in [-0.15, -0.1) is 17.9 Å². The smallest absolute Gasteiger partial charge is 0.262 e. The Labute approximate surface area is 178 Å². The molecule has 0 spiro atoms. The van der Waals surface area contributed by atoms with Crippen LogP contribution in [0.4, 0.5) is 4.39 Å². The van der Waals surface area contributed by atoms with Gasteiger partial charge in [0.25, 0.3) is 11.8 Å². The third-order valence-electron chi connectivity index (χ3n) is 5.14. The van der Waals surface area contributed by atoms with Crippen molar-refractivity contribution in [2.24, 2.45) is 5.92 Å². The molecule has 1 fully saturated rings. The number of carbonyl (C=O) groups is 3. The average molecular weight is 430 g/mol. The van der Waals surface area contributed by atoms with E-state index in [2.05, 4.69) is 17.2 Å². The first-order valence-corrected chi connectivity index (χ1v) is 10.7. The number of benzene rings is 1. The van der Waals surface area contributed by atoms with Crippen LogP contribution < -0.4 is 10.6 Å². The van der Waals surface area contributed by atoms with Crippen molar-refractivity contribution in [2.45, 2.75) is 18.9 Å². The second-order valence-electron chi connectivity index (χ2n) is 7.07. The first-order chi connectivity index (χ1) is 14.5. The molecule has 2 aromatic rings. The van der Waals surface area contributed by atoms with Crippen LogP contribution >= 0.6 is 11.3 Å². The standard InChI is InChI=1S/C22H24FN3O3S/c1-2-11-24-21(28)19(25-20(27)18-8-5-14-30-18)15-9-12-26(13-10-15)22(29)16-6-3-4-7-17(16)23/h2-8,14-15,19H,1,9-13H2,(H,24,28)(H,25,27). The number of nitrogens with zero attached hydrogens (tertiary/aromatic N) is 1. The van der Waals surface area contributed by atoms with Crippen molar-refractivity contribution in [1.82, 2.24) is 15.5 Å². The van der Waals surface area contributed by atoms with Gasteiger partial charge in [-0.3, -0.25) is 14.4 Å². The molecular formula is C22H24FN3O3S. The van der Waals surface area contributed by atoms with Crippen LogP contribution in [0, 0.1) is 11.7 Å². The van der Waals surface area contributed by atoms with E-state index in [4.69, 9.17) is 0 Å². The molecule has 3 amide bonds. The number of nitrogens with one attached hydrogen (secondary N) is 2. The maximum absolute atomic E-state index is 13.9. The minimum Gasteiger partial charge on any atom is -0.351 e. The van der Waals surface area contributed by atoms with Crippen LogP contribution in [0.15, 0.2) is 54.4 Å². The summed E-state index contributed by atoms with van der Waals surface area (Å²) in [5.41, 5.74) is 0.0437. The summed E-state index contributed by atoms with van der Waals surface area (Å²) in [5, 5.41) is 7.39. The van der Waals surface area contributed by atoms with Crippen molar-refractivity contribution in [3.63, 3.8) is 0 Å². The second kappa shape index (κ2) is 10.2. The summed E-state index contributed by atoms with van der Waals surface area (Å²) in [5.74, 6) is -1.62. The number of carbonyl (C=O) groups excluding carboxylic acids is 3. The van der Waals surface area contributed by atoms with Crippen LogP contribution in [0.2, 0.25) is 0 Å². The van der Waals surface area contributed by atoms with E-state index in [9.17, 15) is 18.8 Å². The van der Waals surface area contributed by atoms with E-state index >= 15 is 0 Å². The lowest BCUT2D eigenvalue weighted by molar-refractivity contribution is -0.124. The molecule has 6 nitrogen and oxygen atoms in total. The monoisotopic (exact) mass is 429 g/mol. The van der Waals surface area contributed by atoms with E-state index in [1.165, 1.54) is 23.5 Å². The molecule has 1 aromatic heterocycles. The number of rotatable bonds is 7. The predicted octanol–water partition coefficient (Wildman–Crippen LogP) is 2.84. The van der Waals surface area contributed by atoms with Crippen molar-refractivity contribution < 1.29 is 18.8 Å². The van der Waals surface area contributed by atoms with Gasteiger partial charge in [-0.2, -0.15) is 0 Å². The van der Waals surface area contributed by atoms with Gasteiger partial charge in [-0.25, -0.2) is 4.39 Å². The second-order valence-corrected chi connectivity index (χ2v) is 8.02. The number of likely N-dealkylation sites (tertiary alicyclic amines) is 1. The van der Waals surface area contributed by atoms with Crippen molar-refractivity contribution in [2.75, 3.05) is 19.6 Å². The number of piperidine rings is 1. The van der Waals surface area contributed by atoms with Crippen LogP contribution in [0.3, 0.4) is 0 Å². The van der Waals surface area contributed by atoms with E-state index in [0.717, 1.165) is 0 Å². The zero-order valence-electron chi connectivity index (χ0n) is 16.5. The molecule has 8 heteroatoms. The number of hydrogen-bond donors (Lipinski definition) is 2. The number of amides is 3. The molecule has 1 atom stereocenters. The fourth-order valence-corrected chi connectivity index (χ4v) is 4.17. The van der Waals surface area contributed by atoms with E-state index in [1.54, 1.807) is 40.6 Å². The number of halogens is 1. The van der Waals surface area contributed by atoms with E-state index in [0.29, 0.717) is 37.4 Å². The normalized spacial score (nSPS) is 15.3. The lowest BCUT2D eigenvalue weighted by atomic mass is 9.88. The summed E-state index contributed by atoms with van der Waals surface area (Å²) in [4.78, 5) is 40.0. The molecule has 30 heavy (non-hydrogen) atoms. The van der Waals surface area contributed by atoms with E-state index in [1.807, 2.05) is 0 Å². The van der Waals surface area contributed by atoms with Crippen molar-refractivity contribution in [3.05, 3.63) is 70.7 Å². The maximum atomic E-state index is 13.9. The first kappa shape index (κ1) is 21.7. The predicted molar refractivity (Wildman–Crippen MR) is 114 cm³/mol. The molecule has 2 N–H and O–H groups in total. The zero-order valence-corrected chi connectivity index (χ0v) is 17.3. The Kier molecular flexibility index (Phi) is 7.35. The molecule has 0 aliphatic carbocycles. The molecule has 2 heterocycles. The lowest BCUT2D eigenvalue weighted by Gasteiger charge is -2.35. The van der Waals surface area contributed by atoms with Crippen molar-refractivity contribution >= 4 is 29.1 Å². The summed E-state index contributed by atoms with van der Waals surface area (Å²) in [6, 6.07) is 8.67. The Morgan fingerprint density at radius 3 is 2.57 bits per heavy atom. The fourth-order valence-electron chi connectivity index (χ4n) is 3.54. The molecule has 1 unspecified atom stereocenters. The molecule has 3 rings (SSSR count). The van der Waals surface area contributed by atoms with Crippen LogP contribution in [0.25, 0.3) is 0 Å². The molecule has 1 saturated heterocycles. The molecule has 158 valence electrons. The van der Waals surface area contributed by atoms with Gasteiger partial charge in [0.2, 0.25) is 5.91 Å². The minimum absolute atomic E-state index is 0.0437. The van der Waals surface area contributed by atoms with Crippen molar-refractivity contribution in [3.8, 4) is 0 Å². The van der Waals surface area contributed by atoms with Crippen LogP contribution in [-0.2, 0) is 4.79 Å². The Morgan fingerprint density at radius 1 is 1.20 bits per heavy atom. The number of thiophene rings is 1. The summed E-state index contributed by atoms with van der Waals surface area (Å²) < 4.78 is 13.9. The average Bonchev–Trinajstić information content (AvgIpc) is 3.31. The minimum atomic E-state index is -0.717. The van der Waals surface area contributed by atoms with Gasteiger partial charge in [0.05, 0.1) is 10.4 Å². The Balaban J connectivity index is 1.67.